The van der Waals surface area contributed by atoms with Crippen LogP contribution in [0, 0.1) is 0 Å². The number of aromatic nitrogens is 3. The van der Waals surface area contributed by atoms with Crippen molar-refractivity contribution in [1.82, 2.24) is 20.0 Å². The molecular weight excluding hydrogens is 577 g/mol. The Bertz CT molecular complexity index is 1580. The van der Waals surface area contributed by atoms with Gasteiger partial charge in [0.15, 0.2) is 11.6 Å². The second-order valence-corrected chi connectivity index (χ2v) is 11.0. The van der Waals surface area contributed by atoms with Crippen molar-refractivity contribution < 1.29 is 36.6 Å². The van der Waals surface area contributed by atoms with Crippen LogP contribution in [-0.2, 0) is 28.8 Å². The Kier molecular flexibility index (Phi) is 7.79. The fraction of sp³-hybridized carbons (Fsp3) is 0.393. The zero-order chi connectivity index (χ0) is 29.3. The van der Waals surface area contributed by atoms with Crippen LogP contribution in [0.25, 0.3) is 22.0 Å². The fourth-order valence-corrected chi connectivity index (χ4v) is 6.04. The molecule has 4 aromatic rings. The number of methoxy groups -OCH3 is 1. The van der Waals surface area contributed by atoms with Gasteiger partial charge in [0.1, 0.15) is 23.1 Å². The molecule has 1 N–H and O–H groups in total. The lowest BCUT2D eigenvalue weighted by molar-refractivity contribution is -0.185. The van der Waals surface area contributed by atoms with Crippen LogP contribution in [0.4, 0.5) is 13.2 Å². The topological polar surface area (TPSA) is 112 Å². The summed E-state index contributed by atoms with van der Waals surface area (Å²) in [6.07, 6.45) is -2.92. The highest BCUT2D eigenvalue weighted by molar-refractivity contribution is 7.15. The van der Waals surface area contributed by atoms with Crippen LogP contribution in [0.1, 0.15) is 29.0 Å². The van der Waals surface area contributed by atoms with Gasteiger partial charge in [-0.25, -0.2) is 9.78 Å². The SMILES string of the molecule is COc1cc(OCc2sc(-c3ccc(C(F)(F)F)cc3)nc2CN2CCC3(CC2)OCCO3)ccc1-c1noc(=O)[nH]1. The van der Waals surface area contributed by atoms with Gasteiger partial charge in [-0.1, -0.05) is 17.3 Å². The average molecular weight is 605 g/mol. The predicted octanol–water partition coefficient (Wildman–Crippen LogP) is 5.10. The van der Waals surface area contributed by atoms with E-state index in [1.807, 2.05) is 0 Å². The van der Waals surface area contributed by atoms with Crippen molar-refractivity contribution in [3.05, 3.63) is 69.1 Å². The first kappa shape index (κ1) is 28.4. The van der Waals surface area contributed by atoms with Crippen molar-refractivity contribution in [2.24, 2.45) is 0 Å². The molecular formula is C28H27F3N4O6S. The summed E-state index contributed by atoms with van der Waals surface area (Å²) >= 11 is 1.38. The fourth-order valence-electron chi connectivity index (χ4n) is 5.05. The minimum Gasteiger partial charge on any atom is -0.496 e. The lowest BCUT2D eigenvalue weighted by atomic mass is 10.0. The van der Waals surface area contributed by atoms with Crippen LogP contribution in [0.15, 0.2) is 51.8 Å². The zero-order valence-corrected chi connectivity index (χ0v) is 23.3. The molecule has 222 valence electrons. The van der Waals surface area contributed by atoms with Gasteiger partial charge in [-0.05, 0) is 24.3 Å². The summed E-state index contributed by atoms with van der Waals surface area (Å²) in [7, 11) is 1.49. The number of nitrogens with zero attached hydrogens (tertiary/aromatic N) is 3. The summed E-state index contributed by atoms with van der Waals surface area (Å²) in [4.78, 5) is 21.8. The largest absolute Gasteiger partial charge is 0.496 e. The molecule has 0 saturated carbocycles. The minimum atomic E-state index is -4.41. The quantitative estimate of drug-likeness (QED) is 0.294. The molecule has 4 heterocycles. The van der Waals surface area contributed by atoms with E-state index in [-0.39, 0.29) is 12.4 Å². The summed E-state index contributed by atoms with van der Waals surface area (Å²) in [6.45, 7) is 3.46. The van der Waals surface area contributed by atoms with E-state index >= 15 is 0 Å². The number of alkyl halides is 3. The second-order valence-electron chi connectivity index (χ2n) is 9.94. The molecule has 14 heteroatoms. The molecule has 2 fully saturated rings. The van der Waals surface area contributed by atoms with E-state index in [1.54, 1.807) is 18.2 Å². The van der Waals surface area contributed by atoms with Crippen molar-refractivity contribution in [2.45, 2.75) is 38.0 Å². The monoisotopic (exact) mass is 604 g/mol. The number of rotatable bonds is 8. The van der Waals surface area contributed by atoms with Gasteiger partial charge in [-0.3, -0.25) is 14.4 Å². The molecule has 2 saturated heterocycles. The van der Waals surface area contributed by atoms with Crippen LogP contribution in [0.3, 0.4) is 0 Å². The summed E-state index contributed by atoms with van der Waals surface area (Å²) in [6, 6.07) is 10.1. The smallest absolute Gasteiger partial charge is 0.439 e. The maximum Gasteiger partial charge on any atom is 0.439 e. The van der Waals surface area contributed by atoms with Gasteiger partial charge >= 0.3 is 11.9 Å². The van der Waals surface area contributed by atoms with E-state index in [4.69, 9.17) is 23.9 Å². The Balaban J connectivity index is 1.22. The molecule has 2 aromatic carbocycles. The van der Waals surface area contributed by atoms with Crippen molar-refractivity contribution in [1.29, 1.82) is 0 Å². The van der Waals surface area contributed by atoms with Gasteiger partial charge in [0.25, 0.3) is 0 Å². The number of hydrogen-bond donors (Lipinski definition) is 1. The number of ether oxygens (including phenoxy) is 4. The zero-order valence-electron chi connectivity index (χ0n) is 22.5. The lowest BCUT2D eigenvalue weighted by Crippen LogP contribution is -2.44. The number of piperidine rings is 1. The molecule has 6 rings (SSSR count). The highest BCUT2D eigenvalue weighted by Crippen LogP contribution is 2.36. The number of thiazole rings is 1. The third-order valence-corrected chi connectivity index (χ3v) is 8.40. The highest BCUT2D eigenvalue weighted by Gasteiger charge is 2.40. The van der Waals surface area contributed by atoms with Crippen LogP contribution in [-0.4, -0.2) is 59.2 Å². The number of nitrogens with one attached hydrogen (secondary N) is 1. The predicted molar refractivity (Wildman–Crippen MR) is 145 cm³/mol. The van der Waals surface area contributed by atoms with Crippen molar-refractivity contribution in [2.75, 3.05) is 33.4 Å². The van der Waals surface area contributed by atoms with Gasteiger partial charge < -0.3 is 18.9 Å². The summed E-state index contributed by atoms with van der Waals surface area (Å²) < 4.78 is 67.2. The first-order valence-corrected chi connectivity index (χ1v) is 14.1. The standard InChI is InChI=1S/C28H27F3N4O6S/c1-37-22-14-19(6-7-20(22)24-33-26(36)41-34-24)38-16-23-21(15-35-10-8-27(9-11-35)39-12-13-40-27)32-25(42-23)17-2-4-18(5-3-17)28(29,30)31/h2-7,14H,8-13,15-16H2,1H3,(H,33,34,36). The summed E-state index contributed by atoms with van der Waals surface area (Å²) in [5, 5.41) is 4.31. The Labute approximate surface area is 242 Å². The number of hydrogen-bond acceptors (Lipinski definition) is 10. The number of halogens is 3. The summed E-state index contributed by atoms with van der Waals surface area (Å²) in [5.74, 6) is -0.0229. The van der Waals surface area contributed by atoms with E-state index in [0.29, 0.717) is 47.4 Å². The summed E-state index contributed by atoms with van der Waals surface area (Å²) in [5.41, 5.74) is 1.20. The molecule has 10 nitrogen and oxygen atoms in total. The molecule has 0 atom stereocenters. The Hall–Kier alpha value is -3.72. The normalized spacial score (nSPS) is 17.1. The highest BCUT2D eigenvalue weighted by atomic mass is 32.1. The molecule has 0 unspecified atom stereocenters. The van der Waals surface area contributed by atoms with E-state index in [1.165, 1.54) is 30.6 Å². The van der Waals surface area contributed by atoms with Crippen molar-refractivity contribution in [3.8, 4) is 33.5 Å². The van der Waals surface area contributed by atoms with Gasteiger partial charge in [-0.2, -0.15) is 13.2 Å². The Morgan fingerprint density at radius 3 is 2.48 bits per heavy atom. The second kappa shape index (κ2) is 11.5. The Morgan fingerprint density at radius 2 is 1.83 bits per heavy atom. The Morgan fingerprint density at radius 1 is 1.10 bits per heavy atom. The average Bonchev–Trinajstić information content (AvgIpc) is 3.73. The van der Waals surface area contributed by atoms with Crippen LogP contribution >= 0.6 is 11.3 Å². The van der Waals surface area contributed by atoms with Gasteiger partial charge in [0.2, 0.25) is 0 Å². The van der Waals surface area contributed by atoms with Crippen LogP contribution < -0.4 is 15.2 Å². The number of aromatic amines is 1. The van der Waals surface area contributed by atoms with E-state index < -0.39 is 23.3 Å². The molecule has 2 aliphatic heterocycles. The number of H-pyrrole nitrogens is 1. The molecule has 0 bridgehead atoms. The third-order valence-electron chi connectivity index (χ3n) is 7.28. The van der Waals surface area contributed by atoms with E-state index in [2.05, 4.69) is 19.6 Å². The third kappa shape index (κ3) is 6.07. The van der Waals surface area contributed by atoms with E-state index in [0.717, 1.165) is 48.6 Å². The molecule has 0 radical (unpaired) electrons. The number of likely N-dealkylation sites (tertiary alicyclic amines) is 1. The molecule has 0 amide bonds. The van der Waals surface area contributed by atoms with Gasteiger partial charge in [-0.15, -0.1) is 11.3 Å². The van der Waals surface area contributed by atoms with Gasteiger partial charge in [0, 0.05) is 44.1 Å². The molecule has 2 aliphatic rings. The first-order chi connectivity index (χ1) is 20.2. The van der Waals surface area contributed by atoms with Crippen molar-refractivity contribution in [3.63, 3.8) is 0 Å². The first-order valence-electron chi connectivity index (χ1n) is 13.2. The van der Waals surface area contributed by atoms with Crippen LogP contribution in [0.5, 0.6) is 11.5 Å². The molecule has 1 spiro atoms. The molecule has 2 aromatic heterocycles. The molecule has 0 aliphatic carbocycles. The van der Waals surface area contributed by atoms with Gasteiger partial charge in [0.05, 0.1) is 42.0 Å². The lowest BCUT2D eigenvalue weighted by Gasteiger charge is -2.37. The maximum atomic E-state index is 13.1. The van der Waals surface area contributed by atoms with Crippen molar-refractivity contribution >= 4 is 11.3 Å². The minimum absolute atomic E-state index is 0.181. The maximum absolute atomic E-state index is 13.1. The molecule has 42 heavy (non-hydrogen) atoms. The van der Waals surface area contributed by atoms with Crippen LogP contribution in [0.2, 0.25) is 0 Å². The van der Waals surface area contributed by atoms with E-state index in [9.17, 15) is 18.0 Å². The number of benzene rings is 2.